The second kappa shape index (κ2) is 14.4. The lowest BCUT2D eigenvalue weighted by Crippen LogP contribution is -2.38. The van der Waals surface area contributed by atoms with Crippen LogP contribution in [0.3, 0.4) is 0 Å². The number of halogens is 1. The fourth-order valence-corrected chi connectivity index (χ4v) is 3.70. The van der Waals surface area contributed by atoms with Crippen molar-refractivity contribution in [1.82, 2.24) is 15.1 Å². The number of ether oxygens (including phenoxy) is 1. The number of aliphatic imine (C=N–C) groups is 1. The Bertz CT molecular complexity index is 747. The number of guanidine groups is 1. The number of benzene rings is 2. The van der Waals surface area contributed by atoms with E-state index >= 15 is 0 Å². The van der Waals surface area contributed by atoms with E-state index in [0.29, 0.717) is 12.6 Å². The highest BCUT2D eigenvalue weighted by atomic mass is 127. The van der Waals surface area contributed by atoms with Crippen LogP contribution in [0.5, 0.6) is 0 Å². The number of piperidine rings is 1. The molecule has 2 aromatic rings. The van der Waals surface area contributed by atoms with Crippen molar-refractivity contribution in [1.29, 1.82) is 0 Å². The number of likely N-dealkylation sites (tertiary alicyclic amines) is 1. The van der Waals surface area contributed by atoms with Crippen molar-refractivity contribution in [3.05, 3.63) is 71.8 Å². The van der Waals surface area contributed by atoms with Crippen LogP contribution in [0.1, 0.15) is 30.4 Å². The lowest BCUT2D eigenvalue weighted by molar-refractivity contribution is 0.00532. The van der Waals surface area contributed by atoms with E-state index in [1.165, 1.54) is 11.1 Å². The van der Waals surface area contributed by atoms with Crippen molar-refractivity contribution in [3.63, 3.8) is 0 Å². The van der Waals surface area contributed by atoms with Crippen LogP contribution in [0.2, 0.25) is 0 Å². The van der Waals surface area contributed by atoms with Crippen molar-refractivity contribution < 1.29 is 4.74 Å². The van der Waals surface area contributed by atoms with Crippen LogP contribution in [0.25, 0.3) is 0 Å². The minimum atomic E-state index is 0. The van der Waals surface area contributed by atoms with Crippen molar-refractivity contribution in [3.8, 4) is 0 Å². The van der Waals surface area contributed by atoms with Gasteiger partial charge < -0.3 is 15.0 Å². The summed E-state index contributed by atoms with van der Waals surface area (Å²) in [6.45, 7) is 5.66. The first-order chi connectivity index (χ1) is 14.7. The summed E-state index contributed by atoms with van der Waals surface area (Å²) < 4.78 is 6.13. The third-order valence-corrected chi connectivity index (χ3v) is 5.42. The average molecular weight is 537 g/mol. The molecule has 1 aliphatic heterocycles. The molecule has 6 heteroatoms. The lowest BCUT2D eigenvalue weighted by atomic mass is 10.1. The first-order valence-electron chi connectivity index (χ1n) is 11.1. The Hall–Kier alpha value is -1.64. The zero-order valence-corrected chi connectivity index (χ0v) is 21.2. The molecule has 0 atom stereocenters. The minimum absolute atomic E-state index is 0. The van der Waals surface area contributed by atoms with Gasteiger partial charge in [0.2, 0.25) is 0 Å². The largest absolute Gasteiger partial charge is 0.378 e. The van der Waals surface area contributed by atoms with Gasteiger partial charge in [0.05, 0.1) is 12.6 Å². The molecule has 2 aromatic carbocycles. The molecule has 31 heavy (non-hydrogen) atoms. The lowest BCUT2D eigenvalue weighted by Gasteiger charge is -2.32. The maximum Gasteiger partial charge on any atom is 0.193 e. The summed E-state index contributed by atoms with van der Waals surface area (Å²) in [4.78, 5) is 9.27. The standard InChI is InChI=1S/C25H36N4O.HI/c1-28(2)25(27-20-22-10-5-3-6-11-22)26-16-9-19-30-24-14-17-29(18-15-24)21-23-12-7-4-8-13-23;/h3-8,10-13,24H,9,14-21H2,1-2H3,(H,26,27);1H. The topological polar surface area (TPSA) is 40.1 Å². The SMILES string of the molecule is CN(C)C(=NCc1ccccc1)NCCCOC1CCN(Cc2ccccc2)CC1.I. The Balaban J connectivity index is 0.00000341. The van der Waals surface area contributed by atoms with Crippen LogP contribution >= 0.6 is 24.0 Å². The van der Waals surface area contributed by atoms with Gasteiger partial charge in [0.25, 0.3) is 0 Å². The van der Waals surface area contributed by atoms with Crippen LogP contribution in [0.15, 0.2) is 65.7 Å². The monoisotopic (exact) mass is 536 g/mol. The first-order valence-corrected chi connectivity index (χ1v) is 11.1. The highest BCUT2D eigenvalue weighted by Gasteiger charge is 2.19. The number of rotatable bonds is 9. The fraction of sp³-hybridized carbons (Fsp3) is 0.480. The van der Waals surface area contributed by atoms with Crippen molar-refractivity contribution in [2.75, 3.05) is 40.3 Å². The summed E-state index contributed by atoms with van der Waals surface area (Å²) >= 11 is 0. The van der Waals surface area contributed by atoms with E-state index in [-0.39, 0.29) is 24.0 Å². The molecule has 0 saturated carbocycles. The Morgan fingerprint density at radius 2 is 1.61 bits per heavy atom. The molecule has 1 saturated heterocycles. The van der Waals surface area contributed by atoms with Crippen LogP contribution in [0, 0.1) is 0 Å². The highest BCUT2D eigenvalue weighted by Crippen LogP contribution is 2.16. The maximum absolute atomic E-state index is 6.13. The van der Waals surface area contributed by atoms with E-state index in [1.54, 1.807) is 0 Å². The first kappa shape index (κ1) is 25.6. The third-order valence-electron chi connectivity index (χ3n) is 5.42. The molecule has 170 valence electrons. The Labute approximate surface area is 204 Å². The Morgan fingerprint density at radius 1 is 1.00 bits per heavy atom. The smallest absolute Gasteiger partial charge is 0.193 e. The number of hydrogen-bond donors (Lipinski definition) is 1. The van der Waals surface area contributed by atoms with E-state index < -0.39 is 0 Å². The predicted molar refractivity (Wildman–Crippen MR) is 140 cm³/mol. The van der Waals surface area contributed by atoms with E-state index in [2.05, 4.69) is 64.8 Å². The molecule has 1 heterocycles. The molecule has 0 spiro atoms. The quantitative estimate of drug-likeness (QED) is 0.224. The zero-order valence-electron chi connectivity index (χ0n) is 18.9. The molecule has 0 amide bonds. The maximum atomic E-state index is 6.13. The van der Waals surface area contributed by atoms with Gasteiger partial charge in [0.1, 0.15) is 0 Å². The Morgan fingerprint density at radius 3 is 2.23 bits per heavy atom. The summed E-state index contributed by atoms with van der Waals surface area (Å²) in [6.07, 6.45) is 3.64. The van der Waals surface area contributed by atoms with Crippen molar-refractivity contribution in [2.45, 2.75) is 38.5 Å². The average Bonchev–Trinajstić information content (AvgIpc) is 2.78. The molecule has 3 rings (SSSR count). The van der Waals surface area contributed by atoms with Gasteiger partial charge >= 0.3 is 0 Å². The molecule has 0 aliphatic carbocycles. The predicted octanol–water partition coefficient (Wildman–Crippen LogP) is 4.38. The summed E-state index contributed by atoms with van der Waals surface area (Å²) in [5.74, 6) is 0.924. The van der Waals surface area contributed by atoms with Gasteiger partial charge in [-0.2, -0.15) is 0 Å². The normalized spacial score (nSPS) is 15.4. The second-order valence-electron chi connectivity index (χ2n) is 8.13. The summed E-state index contributed by atoms with van der Waals surface area (Å²) in [5.41, 5.74) is 2.62. The van der Waals surface area contributed by atoms with Crippen LogP contribution in [0.4, 0.5) is 0 Å². The van der Waals surface area contributed by atoms with Gasteiger partial charge in [-0.05, 0) is 30.4 Å². The number of hydrogen-bond acceptors (Lipinski definition) is 3. The molecule has 1 fully saturated rings. The molecule has 1 N–H and O–H groups in total. The molecule has 0 unspecified atom stereocenters. The molecular formula is C25H37IN4O. The molecule has 5 nitrogen and oxygen atoms in total. The molecule has 1 aliphatic rings. The van der Waals surface area contributed by atoms with Gasteiger partial charge in [-0.15, -0.1) is 24.0 Å². The van der Waals surface area contributed by atoms with Gasteiger partial charge in [0, 0.05) is 46.9 Å². The van der Waals surface area contributed by atoms with Gasteiger partial charge in [-0.25, -0.2) is 4.99 Å². The van der Waals surface area contributed by atoms with E-state index in [1.807, 2.05) is 25.1 Å². The zero-order chi connectivity index (χ0) is 21.0. The summed E-state index contributed by atoms with van der Waals surface area (Å²) in [5, 5.41) is 3.45. The van der Waals surface area contributed by atoms with Gasteiger partial charge in [0.15, 0.2) is 5.96 Å². The summed E-state index contributed by atoms with van der Waals surface area (Å²) in [7, 11) is 4.05. The fourth-order valence-electron chi connectivity index (χ4n) is 3.70. The second-order valence-corrected chi connectivity index (χ2v) is 8.13. The van der Waals surface area contributed by atoms with Crippen LogP contribution in [-0.4, -0.2) is 62.2 Å². The molecule has 0 bridgehead atoms. The van der Waals surface area contributed by atoms with Crippen LogP contribution in [-0.2, 0) is 17.8 Å². The van der Waals surface area contributed by atoms with Gasteiger partial charge in [-0.3, -0.25) is 4.90 Å². The minimum Gasteiger partial charge on any atom is -0.378 e. The van der Waals surface area contributed by atoms with Crippen molar-refractivity contribution in [2.24, 2.45) is 4.99 Å². The highest BCUT2D eigenvalue weighted by molar-refractivity contribution is 14.0. The van der Waals surface area contributed by atoms with Gasteiger partial charge in [-0.1, -0.05) is 60.7 Å². The van der Waals surface area contributed by atoms with E-state index in [4.69, 9.17) is 9.73 Å². The molecule has 0 radical (unpaired) electrons. The van der Waals surface area contributed by atoms with Crippen molar-refractivity contribution >= 4 is 29.9 Å². The van der Waals surface area contributed by atoms with E-state index in [0.717, 1.165) is 58.0 Å². The summed E-state index contributed by atoms with van der Waals surface area (Å²) in [6, 6.07) is 21.1. The number of nitrogens with one attached hydrogen (secondary N) is 1. The Kier molecular flexibility index (Phi) is 11.9. The van der Waals surface area contributed by atoms with Crippen LogP contribution < -0.4 is 5.32 Å². The van der Waals surface area contributed by atoms with E-state index in [9.17, 15) is 0 Å². The third kappa shape index (κ3) is 9.58. The number of nitrogens with zero attached hydrogens (tertiary/aromatic N) is 3. The molecule has 0 aromatic heterocycles. The molecular weight excluding hydrogens is 499 g/mol.